The molecular formula is C26H32O11. The highest BCUT2D eigenvalue weighted by atomic mass is 16.7. The normalized spacial score (nSPS) is 28.8. The number of esters is 2. The molecule has 0 aromatic heterocycles. The third-order valence-electron chi connectivity index (χ3n) is 5.72. The molecule has 3 rings (SSSR count). The zero-order valence-electron chi connectivity index (χ0n) is 20.8. The molecule has 1 aromatic carbocycles. The number of hydrogen-bond donors (Lipinski definition) is 4. The molecule has 2 aliphatic rings. The van der Waals surface area contributed by atoms with E-state index in [2.05, 4.69) is 0 Å². The Morgan fingerprint density at radius 2 is 1.92 bits per heavy atom. The lowest BCUT2D eigenvalue weighted by atomic mass is 9.99. The molecule has 202 valence electrons. The largest absolute Gasteiger partial charge is 0.504 e. The van der Waals surface area contributed by atoms with Crippen LogP contribution in [0.4, 0.5) is 0 Å². The van der Waals surface area contributed by atoms with Gasteiger partial charge in [-0.2, -0.15) is 0 Å². The number of hydrogen-bond acceptors (Lipinski definition) is 11. The number of carbonyl (C=O) groups excluding carboxylic acids is 2. The highest BCUT2D eigenvalue weighted by Gasteiger charge is 2.44. The molecule has 0 aliphatic carbocycles. The van der Waals surface area contributed by atoms with Crippen LogP contribution >= 0.6 is 0 Å². The van der Waals surface area contributed by atoms with Gasteiger partial charge < -0.3 is 44.1 Å². The summed E-state index contributed by atoms with van der Waals surface area (Å²) in [7, 11) is 1.42. The van der Waals surface area contributed by atoms with Crippen molar-refractivity contribution in [1.29, 1.82) is 0 Å². The number of benzene rings is 1. The van der Waals surface area contributed by atoms with Crippen LogP contribution in [-0.4, -0.2) is 89.5 Å². The lowest BCUT2D eigenvalue weighted by molar-refractivity contribution is -0.299. The number of aliphatic hydroxyl groups excluding tert-OH is 3. The van der Waals surface area contributed by atoms with E-state index >= 15 is 0 Å². The molecule has 11 nitrogen and oxygen atoms in total. The number of carbonyl (C=O) groups is 2. The van der Waals surface area contributed by atoms with Crippen LogP contribution < -0.4 is 4.74 Å². The van der Waals surface area contributed by atoms with Crippen molar-refractivity contribution in [1.82, 2.24) is 0 Å². The molecule has 0 radical (unpaired) electrons. The monoisotopic (exact) mass is 520 g/mol. The van der Waals surface area contributed by atoms with Crippen LogP contribution in [0.15, 0.2) is 47.6 Å². The van der Waals surface area contributed by atoms with Crippen LogP contribution in [0.25, 0.3) is 6.08 Å². The second-order valence-electron chi connectivity index (χ2n) is 8.86. The molecule has 6 atom stereocenters. The van der Waals surface area contributed by atoms with E-state index in [1.165, 1.54) is 31.4 Å². The number of aromatic hydroxyl groups is 1. The summed E-state index contributed by atoms with van der Waals surface area (Å²) in [5.41, 5.74) is 1.95. The summed E-state index contributed by atoms with van der Waals surface area (Å²) in [5.74, 6) is -1.04. The molecule has 0 bridgehead atoms. The van der Waals surface area contributed by atoms with E-state index in [-0.39, 0.29) is 24.2 Å². The quantitative estimate of drug-likeness (QED) is 0.209. The molecular weight excluding hydrogens is 488 g/mol. The van der Waals surface area contributed by atoms with Gasteiger partial charge in [0.05, 0.1) is 13.7 Å². The first-order chi connectivity index (χ1) is 17.6. The molecule has 4 N–H and O–H groups in total. The second-order valence-corrected chi connectivity index (χ2v) is 8.86. The van der Waals surface area contributed by atoms with Gasteiger partial charge in [-0.1, -0.05) is 11.6 Å². The molecule has 0 amide bonds. The first-order valence-corrected chi connectivity index (χ1v) is 11.7. The topological polar surface area (TPSA) is 161 Å². The van der Waals surface area contributed by atoms with Crippen molar-refractivity contribution in [3.63, 3.8) is 0 Å². The second kappa shape index (κ2) is 12.8. The third kappa shape index (κ3) is 7.63. The number of phenolic OH excluding ortho intramolecular Hbond substituents is 1. The highest BCUT2D eigenvalue weighted by Crippen LogP contribution is 2.27. The van der Waals surface area contributed by atoms with E-state index in [0.717, 1.165) is 11.6 Å². The first-order valence-electron chi connectivity index (χ1n) is 11.7. The lowest BCUT2D eigenvalue weighted by Crippen LogP contribution is -2.59. The smallest absolute Gasteiger partial charge is 0.334 e. The third-order valence-corrected chi connectivity index (χ3v) is 5.72. The number of cyclic esters (lactones) is 1. The van der Waals surface area contributed by atoms with Gasteiger partial charge in [0.2, 0.25) is 0 Å². The maximum atomic E-state index is 12.1. The fourth-order valence-electron chi connectivity index (χ4n) is 3.81. The molecule has 11 heteroatoms. The molecule has 37 heavy (non-hydrogen) atoms. The Labute approximate surface area is 214 Å². The highest BCUT2D eigenvalue weighted by molar-refractivity contribution is 5.91. The van der Waals surface area contributed by atoms with Gasteiger partial charge in [-0.15, -0.1) is 0 Å². The van der Waals surface area contributed by atoms with Crippen molar-refractivity contribution < 1.29 is 53.7 Å². The van der Waals surface area contributed by atoms with Crippen molar-refractivity contribution in [3.8, 4) is 11.5 Å². The van der Waals surface area contributed by atoms with Crippen molar-refractivity contribution in [2.45, 2.75) is 57.1 Å². The SMILES string of the molecule is COc1ccc(/C=C/C(=O)OC[C@H]2O[C@@H](OC/C=C3/C[C@H](C=C(C)C)OC3=O)[C@H](O)[C@@H](O)[C@@H]2O)cc1O. The van der Waals surface area contributed by atoms with Crippen molar-refractivity contribution in [2.24, 2.45) is 0 Å². The minimum absolute atomic E-state index is 0.0940. The Balaban J connectivity index is 1.53. The van der Waals surface area contributed by atoms with Crippen molar-refractivity contribution >= 4 is 18.0 Å². The van der Waals surface area contributed by atoms with Crippen LogP contribution in [0.1, 0.15) is 25.8 Å². The summed E-state index contributed by atoms with van der Waals surface area (Å²) < 4.78 is 26.3. The van der Waals surface area contributed by atoms with Gasteiger partial charge in [-0.05, 0) is 49.8 Å². The number of aliphatic hydroxyl groups is 3. The van der Waals surface area contributed by atoms with Crippen LogP contribution in [0, 0.1) is 0 Å². The van der Waals surface area contributed by atoms with Gasteiger partial charge in [-0.25, -0.2) is 9.59 Å². The molecule has 1 aromatic rings. The van der Waals surface area contributed by atoms with Gasteiger partial charge in [0.25, 0.3) is 0 Å². The Morgan fingerprint density at radius 1 is 1.16 bits per heavy atom. The first kappa shape index (κ1) is 28.4. The Morgan fingerprint density at radius 3 is 2.59 bits per heavy atom. The van der Waals surface area contributed by atoms with Gasteiger partial charge in [-0.3, -0.25) is 0 Å². The van der Waals surface area contributed by atoms with Gasteiger partial charge in [0.1, 0.15) is 37.1 Å². The summed E-state index contributed by atoms with van der Waals surface area (Å²) >= 11 is 0. The van der Waals surface area contributed by atoms with E-state index < -0.39 is 49.3 Å². The average molecular weight is 521 g/mol. The summed E-state index contributed by atoms with van der Waals surface area (Å²) in [6, 6.07) is 4.56. The van der Waals surface area contributed by atoms with Crippen LogP contribution in [0.2, 0.25) is 0 Å². The van der Waals surface area contributed by atoms with E-state index in [9.17, 15) is 30.0 Å². The fourth-order valence-corrected chi connectivity index (χ4v) is 3.81. The number of allylic oxidation sites excluding steroid dienone is 1. The molecule has 0 saturated carbocycles. The minimum atomic E-state index is -1.62. The van der Waals surface area contributed by atoms with Crippen LogP contribution in [0.5, 0.6) is 11.5 Å². The Kier molecular flexibility index (Phi) is 9.84. The van der Waals surface area contributed by atoms with Crippen molar-refractivity contribution in [2.75, 3.05) is 20.3 Å². The van der Waals surface area contributed by atoms with Crippen LogP contribution in [0.3, 0.4) is 0 Å². The predicted molar refractivity (Wildman–Crippen MR) is 129 cm³/mol. The molecule has 0 unspecified atom stereocenters. The summed E-state index contributed by atoms with van der Waals surface area (Å²) in [5, 5.41) is 40.5. The molecule has 0 spiro atoms. The van der Waals surface area contributed by atoms with E-state index in [1.807, 2.05) is 19.9 Å². The maximum Gasteiger partial charge on any atom is 0.334 e. The zero-order valence-corrected chi connectivity index (χ0v) is 20.8. The van der Waals surface area contributed by atoms with E-state index in [1.54, 1.807) is 6.07 Å². The fraction of sp³-hybridized carbons (Fsp3) is 0.462. The van der Waals surface area contributed by atoms with Gasteiger partial charge in [0.15, 0.2) is 17.8 Å². The number of methoxy groups -OCH3 is 1. The molecule has 2 aliphatic heterocycles. The summed E-state index contributed by atoms with van der Waals surface area (Å²) in [6.07, 6.45) is -1.36. The standard InChI is InChI=1S/C26H32O11/c1-14(2)10-17-12-16(25(32)36-17)8-9-34-26-24(31)23(30)22(29)20(37-26)13-35-21(28)7-5-15-4-6-19(33-3)18(27)11-15/h4-8,10-11,17,20,22-24,26-27,29-31H,9,12-13H2,1-3H3/b7-5+,16-8-/t17-,20+,22+,23-,24+,26+/m0/s1. The minimum Gasteiger partial charge on any atom is -0.504 e. The van der Waals surface area contributed by atoms with E-state index in [0.29, 0.717) is 17.6 Å². The van der Waals surface area contributed by atoms with Crippen molar-refractivity contribution in [3.05, 3.63) is 53.1 Å². The Hall–Kier alpha value is -3.22. The predicted octanol–water partition coefficient (Wildman–Crippen LogP) is 0.989. The summed E-state index contributed by atoms with van der Waals surface area (Å²) in [6.45, 7) is 3.24. The molecule has 2 saturated heterocycles. The number of phenols is 1. The van der Waals surface area contributed by atoms with Crippen LogP contribution in [-0.2, 0) is 28.5 Å². The number of rotatable bonds is 9. The van der Waals surface area contributed by atoms with Gasteiger partial charge in [0, 0.05) is 18.1 Å². The zero-order chi connectivity index (χ0) is 27.1. The molecule has 2 fully saturated rings. The Bertz CT molecular complexity index is 1060. The van der Waals surface area contributed by atoms with Gasteiger partial charge >= 0.3 is 11.9 Å². The van der Waals surface area contributed by atoms with E-state index in [4.69, 9.17) is 23.7 Å². The average Bonchev–Trinajstić information content (AvgIpc) is 3.19. The maximum absolute atomic E-state index is 12.1. The molecule has 2 heterocycles. The lowest BCUT2D eigenvalue weighted by Gasteiger charge is -2.39. The number of ether oxygens (including phenoxy) is 5. The summed E-state index contributed by atoms with van der Waals surface area (Å²) in [4.78, 5) is 24.1.